The smallest absolute Gasteiger partial charge is 0.268 e. The highest BCUT2D eigenvalue weighted by Crippen LogP contribution is 2.26. The molecule has 1 aliphatic rings. The van der Waals surface area contributed by atoms with Crippen LogP contribution in [0, 0.1) is 5.92 Å². The van der Waals surface area contributed by atoms with E-state index in [0.29, 0.717) is 23.5 Å². The Morgan fingerprint density at radius 3 is 2.75 bits per heavy atom. The molecule has 128 valence electrons. The molecule has 0 spiro atoms. The maximum Gasteiger partial charge on any atom is 0.268 e. The first-order valence-corrected chi connectivity index (χ1v) is 8.54. The molecule has 6 nitrogen and oxygen atoms in total. The Hall–Kier alpha value is -2.37. The van der Waals surface area contributed by atoms with Crippen LogP contribution in [0.5, 0.6) is 5.75 Å². The molecule has 24 heavy (non-hydrogen) atoms. The van der Waals surface area contributed by atoms with Gasteiger partial charge in [0.25, 0.3) is 11.5 Å². The van der Waals surface area contributed by atoms with Gasteiger partial charge in [-0.2, -0.15) is 0 Å². The Bertz CT molecular complexity index is 820. The minimum Gasteiger partial charge on any atom is -0.506 e. The molecule has 0 atom stereocenters. The van der Waals surface area contributed by atoms with E-state index in [0.717, 1.165) is 25.7 Å². The number of aryl methyl sites for hydroxylation is 1. The van der Waals surface area contributed by atoms with E-state index in [9.17, 15) is 14.7 Å². The number of carbonyl (C=O) groups excluding carboxylic acids is 1. The van der Waals surface area contributed by atoms with Gasteiger partial charge in [-0.1, -0.05) is 6.92 Å². The molecule has 0 aliphatic heterocycles. The van der Waals surface area contributed by atoms with Crippen molar-refractivity contribution in [3.05, 3.63) is 34.2 Å². The van der Waals surface area contributed by atoms with Crippen molar-refractivity contribution in [1.82, 2.24) is 14.9 Å². The highest BCUT2D eigenvalue weighted by atomic mass is 16.3. The second-order valence-corrected chi connectivity index (χ2v) is 6.58. The molecule has 1 fully saturated rings. The van der Waals surface area contributed by atoms with Crippen LogP contribution in [0.25, 0.3) is 11.0 Å². The molecule has 0 saturated heterocycles. The monoisotopic (exact) mass is 329 g/mol. The van der Waals surface area contributed by atoms with Crippen molar-refractivity contribution in [3.63, 3.8) is 0 Å². The van der Waals surface area contributed by atoms with Crippen molar-refractivity contribution < 1.29 is 9.90 Å². The van der Waals surface area contributed by atoms with Crippen molar-refractivity contribution in [2.24, 2.45) is 5.92 Å². The van der Waals surface area contributed by atoms with Crippen LogP contribution in [0.4, 0.5) is 0 Å². The molecule has 1 saturated carbocycles. The Labute approximate surface area is 140 Å². The zero-order chi connectivity index (χ0) is 17.3. The first kappa shape index (κ1) is 16.5. The number of aromatic nitrogens is 2. The summed E-state index contributed by atoms with van der Waals surface area (Å²) in [5.41, 5.74) is -0.288. The third-order valence-electron chi connectivity index (χ3n) is 4.89. The Balaban J connectivity index is 1.99. The Morgan fingerprint density at radius 1 is 1.38 bits per heavy atom. The zero-order valence-electron chi connectivity index (χ0n) is 14.1. The van der Waals surface area contributed by atoms with Crippen molar-refractivity contribution in [3.8, 4) is 5.75 Å². The fourth-order valence-corrected chi connectivity index (χ4v) is 3.42. The van der Waals surface area contributed by atoms with Crippen LogP contribution in [0.15, 0.2) is 23.1 Å². The van der Waals surface area contributed by atoms with Crippen molar-refractivity contribution in [1.29, 1.82) is 0 Å². The van der Waals surface area contributed by atoms with Gasteiger partial charge in [0.15, 0.2) is 0 Å². The summed E-state index contributed by atoms with van der Waals surface area (Å²) >= 11 is 0. The molecular formula is C18H23N3O3. The van der Waals surface area contributed by atoms with Gasteiger partial charge >= 0.3 is 0 Å². The van der Waals surface area contributed by atoms with E-state index in [1.807, 2.05) is 6.92 Å². The average Bonchev–Trinajstić information content (AvgIpc) is 2.57. The standard InChI is InChI=1S/C18H23N3O3/c1-3-21-16-13(5-4-10-19-16)15(22)14(18(21)24)17(23)20-12-8-6-11(2)7-9-12/h4-5,10-12,22H,3,6-9H2,1-2H3,(H,20,23)/t11-,12+. The topological polar surface area (TPSA) is 84.2 Å². The molecule has 1 amide bonds. The molecule has 0 radical (unpaired) electrons. The van der Waals surface area contributed by atoms with Gasteiger partial charge in [0.05, 0.1) is 5.39 Å². The van der Waals surface area contributed by atoms with Crippen LogP contribution in [0.3, 0.4) is 0 Å². The summed E-state index contributed by atoms with van der Waals surface area (Å²) in [5.74, 6) is -0.102. The molecule has 1 aliphatic carbocycles. The molecule has 2 N–H and O–H groups in total. The maximum atomic E-state index is 12.7. The van der Waals surface area contributed by atoms with Crippen molar-refractivity contribution in [2.45, 2.75) is 52.1 Å². The van der Waals surface area contributed by atoms with Gasteiger partial charge in [-0.3, -0.25) is 14.2 Å². The van der Waals surface area contributed by atoms with Crippen LogP contribution in [-0.4, -0.2) is 26.6 Å². The number of nitrogens with one attached hydrogen (secondary N) is 1. The van der Waals surface area contributed by atoms with E-state index < -0.39 is 11.5 Å². The van der Waals surface area contributed by atoms with E-state index in [1.165, 1.54) is 4.57 Å². The van der Waals surface area contributed by atoms with Gasteiger partial charge in [-0.25, -0.2) is 4.98 Å². The molecule has 6 heteroatoms. The van der Waals surface area contributed by atoms with E-state index in [1.54, 1.807) is 18.3 Å². The summed E-state index contributed by atoms with van der Waals surface area (Å²) < 4.78 is 1.42. The van der Waals surface area contributed by atoms with Gasteiger partial charge in [0.1, 0.15) is 17.0 Å². The molecule has 0 bridgehead atoms. The normalized spacial score (nSPS) is 20.9. The number of carbonyl (C=O) groups is 1. The summed E-state index contributed by atoms with van der Waals surface area (Å²) in [4.78, 5) is 29.5. The van der Waals surface area contributed by atoms with Crippen LogP contribution in [-0.2, 0) is 6.54 Å². The van der Waals surface area contributed by atoms with Crippen LogP contribution in [0.2, 0.25) is 0 Å². The third-order valence-corrected chi connectivity index (χ3v) is 4.89. The van der Waals surface area contributed by atoms with Crippen LogP contribution < -0.4 is 10.9 Å². The van der Waals surface area contributed by atoms with E-state index in [4.69, 9.17) is 0 Å². The second kappa shape index (κ2) is 6.63. The summed E-state index contributed by atoms with van der Waals surface area (Å²) in [6.07, 6.45) is 5.52. The maximum absolute atomic E-state index is 12.7. The number of pyridine rings is 2. The fraction of sp³-hybridized carbons (Fsp3) is 0.500. The van der Waals surface area contributed by atoms with E-state index in [2.05, 4.69) is 17.2 Å². The minimum atomic E-state index is -0.497. The van der Waals surface area contributed by atoms with Gasteiger partial charge in [0.2, 0.25) is 0 Å². The summed E-state index contributed by atoms with van der Waals surface area (Å²) in [7, 11) is 0. The first-order chi connectivity index (χ1) is 11.5. The number of hydrogen-bond donors (Lipinski definition) is 2. The van der Waals surface area contributed by atoms with Gasteiger partial charge in [0, 0.05) is 18.8 Å². The molecule has 0 unspecified atom stereocenters. The number of nitrogens with zero attached hydrogens (tertiary/aromatic N) is 2. The molecule has 3 rings (SSSR count). The lowest BCUT2D eigenvalue weighted by atomic mass is 9.87. The van der Waals surface area contributed by atoms with Crippen molar-refractivity contribution in [2.75, 3.05) is 0 Å². The van der Waals surface area contributed by atoms with E-state index in [-0.39, 0.29) is 17.4 Å². The fourth-order valence-electron chi connectivity index (χ4n) is 3.42. The lowest BCUT2D eigenvalue weighted by molar-refractivity contribution is 0.0918. The summed E-state index contributed by atoms with van der Waals surface area (Å²) in [6, 6.07) is 3.41. The Kier molecular flexibility index (Phi) is 4.55. The lowest BCUT2D eigenvalue weighted by Crippen LogP contribution is -2.40. The molecule has 2 heterocycles. The Morgan fingerprint density at radius 2 is 2.08 bits per heavy atom. The predicted octanol–water partition coefficient (Wildman–Crippen LogP) is 2.43. The summed E-state index contributed by atoms with van der Waals surface area (Å²) in [6.45, 7) is 4.41. The molecule has 2 aromatic heterocycles. The largest absolute Gasteiger partial charge is 0.506 e. The van der Waals surface area contributed by atoms with Crippen LogP contribution in [0.1, 0.15) is 49.9 Å². The number of hydrogen-bond acceptors (Lipinski definition) is 4. The third kappa shape index (κ3) is 2.88. The average molecular weight is 329 g/mol. The number of rotatable bonds is 3. The predicted molar refractivity (Wildman–Crippen MR) is 92.2 cm³/mol. The van der Waals surface area contributed by atoms with Gasteiger partial charge in [-0.05, 0) is 50.7 Å². The molecule has 0 aromatic carbocycles. The highest BCUT2D eigenvalue weighted by Gasteiger charge is 2.26. The zero-order valence-corrected chi connectivity index (χ0v) is 14.1. The highest BCUT2D eigenvalue weighted by molar-refractivity contribution is 6.01. The summed E-state index contributed by atoms with van der Waals surface area (Å²) in [5, 5.41) is 13.8. The quantitative estimate of drug-likeness (QED) is 0.906. The lowest BCUT2D eigenvalue weighted by Gasteiger charge is -2.27. The van der Waals surface area contributed by atoms with Gasteiger partial charge < -0.3 is 10.4 Å². The van der Waals surface area contributed by atoms with Crippen LogP contribution >= 0.6 is 0 Å². The van der Waals surface area contributed by atoms with Gasteiger partial charge in [-0.15, -0.1) is 0 Å². The molecular weight excluding hydrogens is 306 g/mol. The second-order valence-electron chi connectivity index (χ2n) is 6.58. The van der Waals surface area contributed by atoms with Crippen molar-refractivity contribution >= 4 is 16.9 Å². The SMILES string of the molecule is CCn1c(=O)c(C(=O)N[C@H]2CC[C@@H](C)CC2)c(O)c2cccnc21. The number of amides is 1. The number of aromatic hydroxyl groups is 1. The number of fused-ring (bicyclic) bond motifs is 1. The first-order valence-electron chi connectivity index (χ1n) is 8.54. The van der Waals surface area contributed by atoms with E-state index >= 15 is 0 Å². The minimum absolute atomic E-state index is 0.0622. The molecule has 2 aromatic rings.